The Bertz CT molecular complexity index is 491. The van der Waals surface area contributed by atoms with Crippen LogP contribution in [0.1, 0.15) is 13.3 Å². The number of amides is 1. The molecule has 116 valence electrons. The van der Waals surface area contributed by atoms with E-state index in [4.69, 9.17) is 14.6 Å². The van der Waals surface area contributed by atoms with Gasteiger partial charge in [-0.1, -0.05) is 0 Å². The van der Waals surface area contributed by atoms with Gasteiger partial charge in [0, 0.05) is 7.11 Å². The molecule has 0 radical (unpaired) electrons. The third-order valence-corrected chi connectivity index (χ3v) is 2.63. The molecule has 1 atom stereocenters. The van der Waals surface area contributed by atoms with E-state index in [1.165, 1.54) is 31.4 Å². The van der Waals surface area contributed by atoms with Crippen LogP contribution in [0.15, 0.2) is 24.3 Å². The second kappa shape index (κ2) is 7.58. The average Bonchev–Trinajstić information content (AvgIpc) is 2.37. The van der Waals surface area contributed by atoms with Crippen LogP contribution < -0.4 is 10.1 Å². The van der Waals surface area contributed by atoms with Crippen molar-refractivity contribution in [3.05, 3.63) is 30.1 Å². The predicted octanol–water partition coefficient (Wildman–Crippen LogP) is 1.20. The lowest BCUT2D eigenvalue weighted by atomic mass is 9.99. The third-order valence-electron chi connectivity index (χ3n) is 2.63. The molecule has 1 aromatic rings. The van der Waals surface area contributed by atoms with Crippen LogP contribution in [0.4, 0.5) is 4.39 Å². The van der Waals surface area contributed by atoms with Gasteiger partial charge in [0.15, 0.2) is 6.61 Å². The summed E-state index contributed by atoms with van der Waals surface area (Å²) < 4.78 is 22.8. The molecule has 0 fully saturated rings. The molecular weight excluding hydrogens is 281 g/mol. The molecule has 2 N–H and O–H groups in total. The van der Waals surface area contributed by atoms with E-state index < -0.39 is 23.2 Å². The molecule has 0 heterocycles. The van der Waals surface area contributed by atoms with Crippen molar-refractivity contribution < 1.29 is 28.6 Å². The predicted molar refractivity (Wildman–Crippen MR) is 72.6 cm³/mol. The summed E-state index contributed by atoms with van der Waals surface area (Å²) in [5.74, 6) is -1.59. The molecule has 0 aliphatic rings. The number of ether oxygens (including phenoxy) is 2. The van der Waals surface area contributed by atoms with Crippen molar-refractivity contribution in [3.8, 4) is 5.75 Å². The molecule has 0 bridgehead atoms. The number of carboxylic acids is 1. The van der Waals surface area contributed by atoms with Crippen molar-refractivity contribution >= 4 is 11.9 Å². The van der Waals surface area contributed by atoms with Crippen molar-refractivity contribution in [2.45, 2.75) is 18.9 Å². The fraction of sp³-hybridized carbons (Fsp3) is 0.429. The molecule has 1 rings (SSSR count). The van der Waals surface area contributed by atoms with E-state index in [0.717, 1.165) is 0 Å². The van der Waals surface area contributed by atoms with Crippen molar-refractivity contribution in [1.29, 1.82) is 0 Å². The van der Waals surface area contributed by atoms with E-state index in [1.54, 1.807) is 6.92 Å². The number of rotatable bonds is 8. The largest absolute Gasteiger partial charge is 0.484 e. The summed E-state index contributed by atoms with van der Waals surface area (Å²) in [6.07, 6.45) is -0.275. The number of carbonyl (C=O) groups excluding carboxylic acids is 1. The van der Waals surface area contributed by atoms with E-state index in [0.29, 0.717) is 5.75 Å². The van der Waals surface area contributed by atoms with Gasteiger partial charge in [0.2, 0.25) is 0 Å². The Balaban J connectivity index is 2.53. The molecule has 1 amide bonds. The maximum Gasteiger partial charge on any atom is 0.305 e. The van der Waals surface area contributed by atoms with Gasteiger partial charge in [-0.05, 0) is 31.2 Å². The van der Waals surface area contributed by atoms with Crippen LogP contribution in [0.25, 0.3) is 0 Å². The Morgan fingerprint density at radius 3 is 2.48 bits per heavy atom. The van der Waals surface area contributed by atoms with E-state index in [1.807, 2.05) is 0 Å². The smallest absolute Gasteiger partial charge is 0.305 e. The van der Waals surface area contributed by atoms with Gasteiger partial charge in [-0.25, -0.2) is 4.39 Å². The quantitative estimate of drug-likeness (QED) is 0.753. The number of halogens is 1. The first-order valence-corrected chi connectivity index (χ1v) is 6.25. The molecule has 1 aromatic carbocycles. The van der Waals surface area contributed by atoms with E-state index in [2.05, 4.69) is 5.32 Å². The Morgan fingerprint density at radius 1 is 1.33 bits per heavy atom. The highest BCUT2D eigenvalue weighted by Gasteiger charge is 2.29. The van der Waals surface area contributed by atoms with E-state index >= 15 is 0 Å². The second-order valence-electron chi connectivity index (χ2n) is 4.85. The SMILES string of the molecule is COCC(C)(CC(=O)O)NC(=O)COc1ccc(F)cc1. The molecular formula is C14H18FNO5. The molecule has 0 aliphatic carbocycles. The first kappa shape index (κ1) is 16.9. The lowest BCUT2D eigenvalue weighted by Crippen LogP contribution is -2.52. The zero-order valence-electron chi connectivity index (χ0n) is 11.9. The summed E-state index contributed by atoms with van der Waals surface area (Å²) >= 11 is 0. The lowest BCUT2D eigenvalue weighted by Gasteiger charge is -2.28. The van der Waals surface area contributed by atoms with Crippen molar-refractivity contribution in [1.82, 2.24) is 5.32 Å². The Labute approximate surface area is 121 Å². The molecule has 21 heavy (non-hydrogen) atoms. The highest BCUT2D eigenvalue weighted by molar-refractivity contribution is 5.79. The fourth-order valence-electron chi connectivity index (χ4n) is 1.84. The maximum absolute atomic E-state index is 12.7. The Morgan fingerprint density at radius 2 is 1.95 bits per heavy atom. The number of benzene rings is 1. The molecule has 0 saturated heterocycles. The van der Waals surface area contributed by atoms with Crippen LogP contribution in [0.5, 0.6) is 5.75 Å². The first-order valence-electron chi connectivity index (χ1n) is 6.25. The molecule has 0 saturated carbocycles. The van der Waals surface area contributed by atoms with Crippen LogP contribution in [0.3, 0.4) is 0 Å². The number of aliphatic carboxylic acids is 1. The summed E-state index contributed by atoms with van der Waals surface area (Å²) in [7, 11) is 1.42. The average molecular weight is 299 g/mol. The number of hydrogen-bond acceptors (Lipinski definition) is 4. The highest BCUT2D eigenvalue weighted by atomic mass is 19.1. The molecule has 0 spiro atoms. The topological polar surface area (TPSA) is 84.9 Å². The molecule has 1 unspecified atom stereocenters. The van der Waals surface area contributed by atoms with Gasteiger partial charge >= 0.3 is 5.97 Å². The van der Waals surface area contributed by atoms with Gasteiger partial charge in [0.1, 0.15) is 11.6 Å². The van der Waals surface area contributed by atoms with E-state index in [9.17, 15) is 14.0 Å². The number of hydrogen-bond donors (Lipinski definition) is 2. The number of methoxy groups -OCH3 is 1. The molecule has 0 aliphatic heterocycles. The fourth-order valence-corrected chi connectivity index (χ4v) is 1.84. The molecule has 6 nitrogen and oxygen atoms in total. The van der Waals surface area contributed by atoms with Gasteiger partial charge in [-0.2, -0.15) is 0 Å². The number of carboxylic acid groups (broad SMARTS) is 1. The van der Waals surface area contributed by atoms with Crippen LogP contribution in [0, 0.1) is 5.82 Å². The third kappa shape index (κ3) is 6.22. The summed E-state index contributed by atoms with van der Waals surface area (Å²) in [6.45, 7) is 1.33. The van der Waals surface area contributed by atoms with Crippen molar-refractivity contribution in [3.63, 3.8) is 0 Å². The van der Waals surface area contributed by atoms with Gasteiger partial charge in [-0.15, -0.1) is 0 Å². The van der Waals surface area contributed by atoms with Crippen LogP contribution in [-0.4, -0.2) is 42.8 Å². The lowest BCUT2D eigenvalue weighted by molar-refractivity contribution is -0.139. The van der Waals surface area contributed by atoms with Crippen molar-refractivity contribution in [2.75, 3.05) is 20.3 Å². The summed E-state index contributed by atoms with van der Waals surface area (Å²) in [5, 5.41) is 11.4. The minimum atomic E-state index is -1.05. The van der Waals surface area contributed by atoms with Crippen molar-refractivity contribution in [2.24, 2.45) is 0 Å². The summed E-state index contributed by atoms with van der Waals surface area (Å²) in [4.78, 5) is 22.6. The Kier molecular flexibility index (Phi) is 6.10. The highest BCUT2D eigenvalue weighted by Crippen LogP contribution is 2.12. The van der Waals surface area contributed by atoms with Gasteiger partial charge in [0.05, 0.1) is 18.6 Å². The standard InChI is InChI=1S/C14H18FNO5/c1-14(9-20-2,7-13(18)19)16-12(17)8-21-11-5-3-10(15)4-6-11/h3-6H,7-9H2,1-2H3,(H,16,17)(H,18,19). The first-order chi connectivity index (χ1) is 9.84. The summed E-state index contributed by atoms with van der Waals surface area (Å²) in [5.41, 5.74) is -1.02. The van der Waals surface area contributed by atoms with Gasteiger partial charge < -0.3 is 19.9 Å². The molecule has 7 heteroatoms. The summed E-state index contributed by atoms with van der Waals surface area (Å²) in [6, 6.07) is 5.22. The number of carbonyl (C=O) groups is 2. The number of nitrogens with one attached hydrogen (secondary N) is 1. The van der Waals surface area contributed by atoms with Crippen LogP contribution in [-0.2, 0) is 14.3 Å². The van der Waals surface area contributed by atoms with Crippen LogP contribution >= 0.6 is 0 Å². The monoisotopic (exact) mass is 299 g/mol. The normalized spacial score (nSPS) is 13.3. The van der Waals surface area contributed by atoms with E-state index in [-0.39, 0.29) is 19.6 Å². The Hall–Kier alpha value is -2.15. The second-order valence-corrected chi connectivity index (χ2v) is 4.85. The van der Waals surface area contributed by atoms with Crippen LogP contribution in [0.2, 0.25) is 0 Å². The minimum absolute atomic E-state index is 0.0571. The molecule has 0 aromatic heterocycles. The van der Waals surface area contributed by atoms with Gasteiger partial charge in [-0.3, -0.25) is 9.59 Å². The maximum atomic E-state index is 12.7. The minimum Gasteiger partial charge on any atom is -0.484 e. The zero-order chi connectivity index (χ0) is 15.9. The van der Waals surface area contributed by atoms with Gasteiger partial charge in [0.25, 0.3) is 5.91 Å². The zero-order valence-corrected chi connectivity index (χ0v) is 11.9.